The maximum Gasteiger partial charge on any atom is 0.132 e. The molecule has 16 heavy (non-hydrogen) atoms. The molecule has 0 amide bonds. The van der Waals surface area contributed by atoms with Crippen LogP contribution in [0, 0.1) is 0 Å². The summed E-state index contributed by atoms with van der Waals surface area (Å²) in [5.41, 5.74) is 0. The molecule has 0 unspecified atom stereocenters. The van der Waals surface area contributed by atoms with Gasteiger partial charge in [0, 0.05) is 12.8 Å². The summed E-state index contributed by atoms with van der Waals surface area (Å²) >= 11 is 0. The van der Waals surface area contributed by atoms with Crippen LogP contribution < -0.4 is 0 Å². The summed E-state index contributed by atoms with van der Waals surface area (Å²) in [6.45, 7) is 6.83. The first-order chi connectivity index (χ1) is 7.76. The number of furan rings is 1. The molecule has 1 rings (SSSR count). The highest BCUT2D eigenvalue weighted by molar-refractivity contribution is 5.77. The van der Waals surface area contributed by atoms with E-state index >= 15 is 0 Å². The van der Waals surface area contributed by atoms with E-state index in [1.165, 1.54) is 0 Å². The van der Waals surface area contributed by atoms with Crippen LogP contribution in [0.25, 0.3) is 0 Å². The first-order valence-electron chi connectivity index (χ1n) is 6.02. The molecule has 0 aliphatic heterocycles. The minimum absolute atomic E-state index is 0.356. The van der Waals surface area contributed by atoms with Crippen molar-refractivity contribution in [3.05, 3.63) is 24.2 Å². The Kier molecular flexibility index (Phi) is 5.86. The molecule has 0 bridgehead atoms. The van der Waals surface area contributed by atoms with Crippen LogP contribution in [-0.4, -0.2) is 23.8 Å². The summed E-state index contributed by atoms with van der Waals surface area (Å²) in [5.74, 6) is 1.35. The molecule has 0 atom stereocenters. The van der Waals surface area contributed by atoms with Crippen molar-refractivity contribution in [1.82, 2.24) is 4.90 Å². The second-order valence-electron chi connectivity index (χ2n) is 3.94. The molecule has 3 nitrogen and oxygen atoms in total. The van der Waals surface area contributed by atoms with E-state index in [0.29, 0.717) is 18.6 Å². The summed E-state index contributed by atoms with van der Waals surface area (Å²) in [7, 11) is 0. The van der Waals surface area contributed by atoms with Crippen LogP contribution in [0.15, 0.2) is 22.8 Å². The molecule has 3 heteroatoms. The number of nitrogens with zero attached hydrogens (tertiary/aromatic N) is 1. The molecule has 0 N–H and O–H groups in total. The Morgan fingerprint density at radius 3 is 2.81 bits per heavy atom. The fourth-order valence-electron chi connectivity index (χ4n) is 1.65. The minimum atomic E-state index is 0.356. The van der Waals surface area contributed by atoms with Crippen LogP contribution in [0.1, 0.15) is 38.9 Å². The lowest BCUT2D eigenvalue weighted by atomic mass is 10.2. The second kappa shape index (κ2) is 7.23. The van der Waals surface area contributed by atoms with Gasteiger partial charge >= 0.3 is 0 Å². The van der Waals surface area contributed by atoms with E-state index < -0.39 is 0 Å². The molecule has 0 saturated carbocycles. The standard InChI is InChI=1S/C13H21NO2/c1-3-12(15)7-5-9-14(4-2)11-13-8-6-10-16-13/h6,8,10H,3-5,7,9,11H2,1-2H3. The van der Waals surface area contributed by atoms with Gasteiger partial charge in [-0.25, -0.2) is 0 Å². The third kappa shape index (κ3) is 4.62. The quantitative estimate of drug-likeness (QED) is 0.679. The lowest BCUT2D eigenvalue weighted by molar-refractivity contribution is -0.118. The van der Waals surface area contributed by atoms with Crippen molar-refractivity contribution < 1.29 is 9.21 Å². The van der Waals surface area contributed by atoms with Gasteiger partial charge in [-0.3, -0.25) is 9.69 Å². The number of hydrogen-bond donors (Lipinski definition) is 0. The number of carbonyl (C=O) groups is 1. The second-order valence-corrected chi connectivity index (χ2v) is 3.94. The van der Waals surface area contributed by atoms with Gasteiger partial charge in [-0.2, -0.15) is 0 Å². The molecule has 0 aliphatic carbocycles. The van der Waals surface area contributed by atoms with Crippen molar-refractivity contribution in [2.75, 3.05) is 13.1 Å². The number of ketones is 1. The molecule has 90 valence electrons. The lowest BCUT2D eigenvalue weighted by Gasteiger charge is -2.18. The zero-order valence-corrected chi connectivity index (χ0v) is 10.2. The molecule has 0 saturated heterocycles. The lowest BCUT2D eigenvalue weighted by Crippen LogP contribution is -2.24. The van der Waals surface area contributed by atoms with Crippen LogP contribution in [0.5, 0.6) is 0 Å². The molecule has 1 heterocycles. The van der Waals surface area contributed by atoms with Gasteiger partial charge in [0.2, 0.25) is 0 Å². The third-order valence-corrected chi connectivity index (χ3v) is 2.73. The van der Waals surface area contributed by atoms with Crippen molar-refractivity contribution >= 4 is 5.78 Å². The molecular formula is C13H21NO2. The van der Waals surface area contributed by atoms with Gasteiger partial charge in [0.25, 0.3) is 0 Å². The first kappa shape index (κ1) is 13.0. The predicted octanol–water partition coefficient (Wildman–Crippen LogP) is 2.86. The van der Waals surface area contributed by atoms with Crippen molar-refractivity contribution in [1.29, 1.82) is 0 Å². The van der Waals surface area contributed by atoms with E-state index in [2.05, 4.69) is 11.8 Å². The molecule has 0 radical (unpaired) electrons. The minimum Gasteiger partial charge on any atom is -0.468 e. The van der Waals surface area contributed by atoms with E-state index in [1.54, 1.807) is 6.26 Å². The summed E-state index contributed by atoms with van der Waals surface area (Å²) in [6, 6.07) is 3.89. The Bertz CT molecular complexity index is 293. The average molecular weight is 223 g/mol. The molecule has 0 aromatic carbocycles. The van der Waals surface area contributed by atoms with E-state index in [4.69, 9.17) is 4.42 Å². The maximum atomic E-state index is 11.2. The summed E-state index contributed by atoms with van der Waals surface area (Å²) < 4.78 is 5.31. The van der Waals surface area contributed by atoms with Crippen LogP contribution in [0.2, 0.25) is 0 Å². The van der Waals surface area contributed by atoms with Crippen LogP contribution in [0.4, 0.5) is 0 Å². The normalized spacial score (nSPS) is 10.9. The molecule has 1 aromatic rings. The third-order valence-electron chi connectivity index (χ3n) is 2.73. The van der Waals surface area contributed by atoms with Crippen LogP contribution >= 0.6 is 0 Å². The van der Waals surface area contributed by atoms with Gasteiger partial charge in [-0.1, -0.05) is 13.8 Å². The Balaban J connectivity index is 2.24. The van der Waals surface area contributed by atoms with Crippen LogP contribution in [-0.2, 0) is 11.3 Å². The van der Waals surface area contributed by atoms with Crippen molar-refractivity contribution in [3.63, 3.8) is 0 Å². The zero-order valence-electron chi connectivity index (χ0n) is 10.2. The molecule has 0 fully saturated rings. The van der Waals surface area contributed by atoms with E-state index in [-0.39, 0.29) is 0 Å². The smallest absolute Gasteiger partial charge is 0.132 e. The fraction of sp³-hybridized carbons (Fsp3) is 0.615. The monoisotopic (exact) mass is 223 g/mol. The highest BCUT2D eigenvalue weighted by Gasteiger charge is 2.06. The Hall–Kier alpha value is -1.09. The highest BCUT2D eigenvalue weighted by atomic mass is 16.3. The molecule has 0 aliphatic rings. The van der Waals surface area contributed by atoms with E-state index in [0.717, 1.165) is 31.8 Å². The average Bonchev–Trinajstić information content (AvgIpc) is 2.80. The van der Waals surface area contributed by atoms with Gasteiger partial charge in [-0.15, -0.1) is 0 Å². The highest BCUT2D eigenvalue weighted by Crippen LogP contribution is 2.06. The molecule has 0 spiro atoms. The van der Waals surface area contributed by atoms with Gasteiger partial charge in [0.15, 0.2) is 0 Å². The van der Waals surface area contributed by atoms with Crippen molar-refractivity contribution in [3.8, 4) is 0 Å². The molecular weight excluding hydrogens is 202 g/mol. The SMILES string of the molecule is CCC(=O)CCCN(CC)Cc1ccco1. The van der Waals surface area contributed by atoms with E-state index in [1.807, 2.05) is 19.1 Å². The van der Waals surface area contributed by atoms with Crippen molar-refractivity contribution in [2.24, 2.45) is 0 Å². The summed E-state index contributed by atoms with van der Waals surface area (Å²) in [4.78, 5) is 13.5. The van der Waals surface area contributed by atoms with Crippen molar-refractivity contribution in [2.45, 2.75) is 39.7 Å². The zero-order chi connectivity index (χ0) is 11.8. The Morgan fingerprint density at radius 1 is 1.44 bits per heavy atom. The van der Waals surface area contributed by atoms with Gasteiger partial charge in [0.1, 0.15) is 11.5 Å². The van der Waals surface area contributed by atoms with Gasteiger partial charge in [-0.05, 0) is 31.6 Å². The number of hydrogen-bond acceptors (Lipinski definition) is 3. The molecule has 1 aromatic heterocycles. The van der Waals surface area contributed by atoms with Gasteiger partial charge < -0.3 is 4.42 Å². The maximum absolute atomic E-state index is 11.2. The summed E-state index contributed by atoms with van der Waals surface area (Å²) in [6.07, 6.45) is 4.00. The number of Topliss-reactive ketones (excluding diaryl/α,β-unsaturated/α-hetero) is 1. The largest absolute Gasteiger partial charge is 0.468 e. The predicted molar refractivity (Wildman–Crippen MR) is 64.2 cm³/mol. The fourth-order valence-corrected chi connectivity index (χ4v) is 1.65. The Morgan fingerprint density at radius 2 is 2.25 bits per heavy atom. The van der Waals surface area contributed by atoms with Crippen LogP contribution in [0.3, 0.4) is 0 Å². The van der Waals surface area contributed by atoms with Gasteiger partial charge in [0.05, 0.1) is 12.8 Å². The van der Waals surface area contributed by atoms with E-state index in [9.17, 15) is 4.79 Å². The topological polar surface area (TPSA) is 33.5 Å². The Labute approximate surface area is 97.4 Å². The number of carbonyl (C=O) groups excluding carboxylic acids is 1. The summed E-state index contributed by atoms with van der Waals surface area (Å²) in [5, 5.41) is 0. The number of rotatable bonds is 8. The first-order valence-corrected chi connectivity index (χ1v) is 6.02.